The zero-order valence-corrected chi connectivity index (χ0v) is 12.3. The zero-order valence-electron chi connectivity index (χ0n) is 11.5. The Balaban J connectivity index is 1.75. The molecule has 1 saturated carbocycles. The summed E-state index contributed by atoms with van der Waals surface area (Å²) in [6, 6.07) is 3.89. The number of nitrogens with one attached hydrogen (secondary N) is 1. The van der Waals surface area contributed by atoms with Gasteiger partial charge in [-0.2, -0.15) is 0 Å². The second-order valence-electron chi connectivity index (χ2n) is 5.14. The van der Waals surface area contributed by atoms with Crippen molar-refractivity contribution < 1.29 is 17.2 Å². The van der Waals surface area contributed by atoms with E-state index in [1.54, 1.807) is 6.07 Å². The molecule has 0 bridgehead atoms. The van der Waals surface area contributed by atoms with E-state index in [9.17, 15) is 17.2 Å². The minimum absolute atomic E-state index is 0.0668. The van der Waals surface area contributed by atoms with E-state index in [0.29, 0.717) is 17.7 Å². The molecule has 0 spiro atoms. The molecule has 0 unspecified atom stereocenters. The number of aromatic nitrogens is 2. The number of hydrogen-bond donors (Lipinski definition) is 1. The average molecular weight is 325 g/mol. The van der Waals surface area contributed by atoms with E-state index in [0.717, 1.165) is 30.7 Å². The third-order valence-electron chi connectivity index (χ3n) is 3.33. The summed E-state index contributed by atoms with van der Waals surface area (Å²) in [4.78, 5) is 7.68. The van der Waals surface area contributed by atoms with Crippen LogP contribution < -0.4 is 4.72 Å². The van der Waals surface area contributed by atoms with Crippen LogP contribution in [0.15, 0.2) is 35.5 Å². The molecule has 1 aliphatic rings. The highest BCUT2D eigenvalue weighted by Crippen LogP contribution is 2.38. The van der Waals surface area contributed by atoms with E-state index < -0.39 is 26.6 Å². The van der Waals surface area contributed by atoms with Gasteiger partial charge in [-0.25, -0.2) is 31.9 Å². The van der Waals surface area contributed by atoms with Crippen molar-refractivity contribution >= 4 is 10.0 Å². The molecule has 0 aliphatic heterocycles. The van der Waals surface area contributed by atoms with Crippen LogP contribution in [-0.4, -0.2) is 18.4 Å². The van der Waals surface area contributed by atoms with Crippen molar-refractivity contribution in [3.8, 4) is 0 Å². The first-order valence-corrected chi connectivity index (χ1v) is 8.19. The number of hydrogen-bond acceptors (Lipinski definition) is 4. The Morgan fingerprint density at radius 1 is 1.09 bits per heavy atom. The number of sulfonamides is 1. The number of nitrogens with zero attached hydrogens (tertiary/aromatic N) is 2. The third-order valence-corrected chi connectivity index (χ3v) is 4.71. The second-order valence-corrected chi connectivity index (χ2v) is 6.91. The summed E-state index contributed by atoms with van der Waals surface area (Å²) < 4.78 is 52.6. The number of halogens is 2. The summed E-state index contributed by atoms with van der Waals surface area (Å²) >= 11 is 0. The monoisotopic (exact) mass is 325 g/mol. The molecule has 116 valence electrons. The van der Waals surface area contributed by atoms with Crippen molar-refractivity contribution in [1.82, 2.24) is 14.7 Å². The van der Waals surface area contributed by atoms with Gasteiger partial charge in [-0.3, -0.25) is 0 Å². The van der Waals surface area contributed by atoms with Crippen LogP contribution in [0.1, 0.15) is 30.1 Å². The topological polar surface area (TPSA) is 72.0 Å². The molecule has 1 fully saturated rings. The fourth-order valence-electron chi connectivity index (χ4n) is 2.05. The average Bonchev–Trinajstić information content (AvgIpc) is 3.29. The maximum atomic E-state index is 13.1. The van der Waals surface area contributed by atoms with Crippen LogP contribution in [-0.2, 0) is 16.6 Å². The molecule has 1 aromatic heterocycles. The van der Waals surface area contributed by atoms with Gasteiger partial charge in [0.15, 0.2) is 0 Å². The molecule has 5 nitrogen and oxygen atoms in total. The van der Waals surface area contributed by atoms with Crippen LogP contribution in [0.5, 0.6) is 0 Å². The molecule has 3 rings (SSSR count). The molecular formula is C14H13F2N3O2S. The molecule has 22 heavy (non-hydrogen) atoms. The van der Waals surface area contributed by atoms with Crippen LogP contribution in [0.3, 0.4) is 0 Å². The summed E-state index contributed by atoms with van der Waals surface area (Å²) in [5.74, 6) is -1.47. The molecule has 0 amide bonds. The van der Waals surface area contributed by atoms with Crippen molar-refractivity contribution in [2.45, 2.75) is 30.2 Å². The van der Waals surface area contributed by atoms with Gasteiger partial charge in [0.2, 0.25) is 10.0 Å². The summed E-state index contributed by atoms with van der Waals surface area (Å²) in [7, 11) is -4.01. The Morgan fingerprint density at radius 2 is 1.77 bits per heavy atom. The lowest BCUT2D eigenvalue weighted by Crippen LogP contribution is -2.24. The second kappa shape index (κ2) is 5.69. The van der Waals surface area contributed by atoms with Gasteiger partial charge in [0.25, 0.3) is 0 Å². The molecule has 1 N–H and O–H groups in total. The third kappa shape index (κ3) is 3.45. The van der Waals surface area contributed by atoms with Crippen molar-refractivity contribution in [2.75, 3.05) is 0 Å². The van der Waals surface area contributed by atoms with E-state index in [1.165, 1.54) is 6.33 Å². The molecule has 1 heterocycles. The van der Waals surface area contributed by atoms with E-state index in [2.05, 4.69) is 14.7 Å². The molecule has 0 atom stereocenters. The van der Waals surface area contributed by atoms with E-state index >= 15 is 0 Å². The fraction of sp³-hybridized carbons (Fsp3) is 0.286. The first-order chi connectivity index (χ1) is 10.4. The zero-order chi connectivity index (χ0) is 15.7. The maximum absolute atomic E-state index is 13.1. The Kier molecular flexibility index (Phi) is 3.88. The first kappa shape index (κ1) is 15.0. The van der Waals surface area contributed by atoms with Crippen molar-refractivity contribution in [3.05, 3.63) is 53.6 Å². The maximum Gasteiger partial charge on any atom is 0.241 e. The van der Waals surface area contributed by atoms with E-state index in [4.69, 9.17) is 0 Å². The predicted octanol–water partition coefficient (Wildman–Crippen LogP) is 2.11. The molecule has 1 aliphatic carbocycles. The highest BCUT2D eigenvalue weighted by molar-refractivity contribution is 7.89. The number of rotatable bonds is 5. The van der Waals surface area contributed by atoms with Crippen LogP contribution in [0.25, 0.3) is 0 Å². The standard InChI is InChI=1S/C14H13F2N3O2S/c15-10-3-11(16)5-13(4-10)22(20,21)19-7-12-6-14(9-1-2-9)18-8-17-12/h3-6,8-9,19H,1-2,7H2. The van der Waals surface area contributed by atoms with Gasteiger partial charge in [-0.05, 0) is 31.0 Å². The summed E-state index contributed by atoms with van der Waals surface area (Å²) in [6.07, 6.45) is 3.54. The van der Waals surface area contributed by atoms with E-state index in [-0.39, 0.29) is 6.54 Å². The van der Waals surface area contributed by atoms with Gasteiger partial charge in [-0.1, -0.05) is 0 Å². The quantitative estimate of drug-likeness (QED) is 0.914. The Hall–Kier alpha value is -1.93. The SMILES string of the molecule is O=S(=O)(NCc1cc(C2CC2)ncn1)c1cc(F)cc(F)c1. The van der Waals surface area contributed by atoms with Gasteiger partial charge in [0, 0.05) is 17.7 Å². The van der Waals surface area contributed by atoms with Gasteiger partial charge in [0.1, 0.15) is 18.0 Å². The Morgan fingerprint density at radius 3 is 2.41 bits per heavy atom. The molecular weight excluding hydrogens is 312 g/mol. The predicted molar refractivity (Wildman–Crippen MR) is 74.4 cm³/mol. The summed E-state index contributed by atoms with van der Waals surface area (Å²) in [5.41, 5.74) is 1.40. The smallest absolute Gasteiger partial charge is 0.241 e. The van der Waals surface area contributed by atoms with Gasteiger partial charge >= 0.3 is 0 Å². The lowest BCUT2D eigenvalue weighted by Gasteiger charge is -2.07. The molecule has 0 radical (unpaired) electrons. The lowest BCUT2D eigenvalue weighted by atomic mass is 10.2. The van der Waals surface area contributed by atoms with Crippen LogP contribution in [0.2, 0.25) is 0 Å². The number of benzene rings is 1. The molecule has 0 saturated heterocycles. The fourth-order valence-corrected chi connectivity index (χ4v) is 3.09. The van der Waals surface area contributed by atoms with Gasteiger partial charge in [0.05, 0.1) is 17.1 Å². The first-order valence-electron chi connectivity index (χ1n) is 6.70. The molecule has 8 heteroatoms. The molecule has 1 aromatic carbocycles. The van der Waals surface area contributed by atoms with E-state index in [1.807, 2.05) is 0 Å². The van der Waals surface area contributed by atoms with Crippen molar-refractivity contribution in [2.24, 2.45) is 0 Å². The highest BCUT2D eigenvalue weighted by atomic mass is 32.2. The van der Waals surface area contributed by atoms with Crippen molar-refractivity contribution in [3.63, 3.8) is 0 Å². The molecule has 2 aromatic rings. The minimum atomic E-state index is -4.01. The van der Waals surface area contributed by atoms with Gasteiger partial charge in [-0.15, -0.1) is 0 Å². The van der Waals surface area contributed by atoms with Crippen LogP contribution >= 0.6 is 0 Å². The highest BCUT2D eigenvalue weighted by Gasteiger charge is 2.25. The van der Waals surface area contributed by atoms with Crippen molar-refractivity contribution in [1.29, 1.82) is 0 Å². The summed E-state index contributed by atoms with van der Waals surface area (Å²) in [6.45, 7) is -0.0668. The van der Waals surface area contributed by atoms with Crippen LogP contribution in [0.4, 0.5) is 8.78 Å². The largest absolute Gasteiger partial charge is 0.241 e. The van der Waals surface area contributed by atoms with Crippen LogP contribution in [0, 0.1) is 11.6 Å². The van der Waals surface area contributed by atoms with Gasteiger partial charge < -0.3 is 0 Å². The normalized spacial score (nSPS) is 15.0. The summed E-state index contributed by atoms with van der Waals surface area (Å²) in [5, 5.41) is 0. The lowest BCUT2D eigenvalue weighted by molar-refractivity contribution is 0.560. The Bertz CT molecular complexity index is 787. The Labute approximate surface area is 126 Å². The minimum Gasteiger partial charge on any atom is -0.241 e.